The summed E-state index contributed by atoms with van der Waals surface area (Å²) in [5.41, 5.74) is 0.991. The van der Waals surface area contributed by atoms with Crippen LogP contribution in [0.3, 0.4) is 0 Å². The van der Waals surface area contributed by atoms with Gasteiger partial charge in [0, 0.05) is 18.5 Å². The second-order valence-electron chi connectivity index (χ2n) is 4.61. The average Bonchev–Trinajstić information content (AvgIpc) is 2.70. The van der Waals surface area contributed by atoms with Gasteiger partial charge in [-0.15, -0.1) is 0 Å². The van der Waals surface area contributed by atoms with Gasteiger partial charge in [0.2, 0.25) is 0 Å². The number of fused-ring (bicyclic) bond motifs is 1. The molecule has 0 spiro atoms. The molecule has 1 aromatic rings. The van der Waals surface area contributed by atoms with Crippen molar-refractivity contribution in [2.45, 2.75) is 38.7 Å². The second-order valence-corrected chi connectivity index (χ2v) is 4.61. The van der Waals surface area contributed by atoms with Crippen molar-refractivity contribution in [3.05, 3.63) is 29.6 Å². The molecule has 1 aromatic carbocycles. The first-order valence-electron chi connectivity index (χ1n) is 6.45. The number of hydrogen-bond donors (Lipinski definition) is 1. The maximum absolute atomic E-state index is 13.0. The summed E-state index contributed by atoms with van der Waals surface area (Å²) in [6, 6.07) is 4.75. The first-order chi connectivity index (χ1) is 8.29. The second kappa shape index (κ2) is 6.01. The third-order valence-corrected chi connectivity index (χ3v) is 3.09. The van der Waals surface area contributed by atoms with Crippen LogP contribution in [0, 0.1) is 5.82 Å². The molecule has 0 fully saturated rings. The molecular formula is C14H20FNO. The molecule has 1 unspecified atom stereocenters. The molecule has 1 aliphatic heterocycles. The highest BCUT2D eigenvalue weighted by Crippen LogP contribution is 2.28. The van der Waals surface area contributed by atoms with Crippen LogP contribution in [0.2, 0.25) is 0 Å². The monoisotopic (exact) mass is 237 g/mol. The summed E-state index contributed by atoms with van der Waals surface area (Å²) < 4.78 is 18.7. The quantitative estimate of drug-likeness (QED) is 0.768. The first-order valence-corrected chi connectivity index (χ1v) is 6.45. The molecule has 0 saturated heterocycles. The molecular weight excluding hydrogens is 217 g/mol. The molecule has 1 heterocycles. The predicted molar refractivity (Wildman–Crippen MR) is 66.9 cm³/mol. The van der Waals surface area contributed by atoms with E-state index in [2.05, 4.69) is 12.2 Å². The smallest absolute Gasteiger partial charge is 0.123 e. The van der Waals surface area contributed by atoms with Crippen molar-refractivity contribution in [1.29, 1.82) is 0 Å². The van der Waals surface area contributed by atoms with Crippen LogP contribution in [0.15, 0.2) is 18.2 Å². The highest BCUT2D eigenvalue weighted by Gasteiger charge is 2.22. The fourth-order valence-electron chi connectivity index (χ4n) is 2.17. The molecule has 2 rings (SSSR count). The summed E-state index contributed by atoms with van der Waals surface area (Å²) in [7, 11) is 0. The van der Waals surface area contributed by atoms with E-state index in [1.807, 2.05) is 0 Å². The van der Waals surface area contributed by atoms with Gasteiger partial charge in [0.05, 0.1) is 0 Å². The van der Waals surface area contributed by atoms with Crippen molar-refractivity contribution >= 4 is 0 Å². The van der Waals surface area contributed by atoms with E-state index in [4.69, 9.17) is 4.74 Å². The lowest BCUT2D eigenvalue weighted by atomic mass is 10.1. The highest BCUT2D eigenvalue weighted by atomic mass is 19.1. The van der Waals surface area contributed by atoms with Crippen LogP contribution in [0.5, 0.6) is 5.75 Å². The Hall–Kier alpha value is -1.09. The topological polar surface area (TPSA) is 21.3 Å². The Labute approximate surface area is 102 Å². The van der Waals surface area contributed by atoms with E-state index < -0.39 is 0 Å². The van der Waals surface area contributed by atoms with Gasteiger partial charge in [-0.05, 0) is 31.2 Å². The van der Waals surface area contributed by atoms with Crippen molar-refractivity contribution in [3.63, 3.8) is 0 Å². The normalized spacial score (nSPS) is 17.9. The van der Waals surface area contributed by atoms with Gasteiger partial charge in [-0.25, -0.2) is 4.39 Å². The van der Waals surface area contributed by atoms with Gasteiger partial charge in [0.15, 0.2) is 0 Å². The van der Waals surface area contributed by atoms with Gasteiger partial charge in [0.25, 0.3) is 0 Å². The van der Waals surface area contributed by atoms with Crippen LogP contribution < -0.4 is 10.1 Å². The first kappa shape index (κ1) is 12.4. The molecule has 0 bridgehead atoms. The van der Waals surface area contributed by atoms with Gasteiger partial charge in [0.1, 0.15) is 17.7 Å². The average molecular weight is 237 g/mol. The molecule has 2 nitrogen and oxygen atoms in total. The summed E-state index contributed by atoms with van der Waals surface area (Å²) in [6.07, 6.45) is 4.70. The lowest BCUT2D eigenvalue weighted by Gasteiger charge is -2.11. The molecule has 0 aliphatic carbocycles. The minimum absolute atomic E-state index is 0.161. The Kier molecular flexibility index (Phi) is 4.37. The van der Waals surface area contributed by atoms with Crippen molar-refractivity contribution in [2.75, 3.05) is 13.1 Å². The van der Waals surface area contributed by atoms with Crippen molar-refractivity contribution in [3.8, 4) is 5.75 Å². The van der Waals surface area contributed by atoms with E-state index in [0.717, 1.165) is 30.8 Å². The van der Waals surface area contributed by atoms with Gasteiger partial charge < -0.3 is 10.1 Å². The maximum Gasteiger partial charge on any atom is 0.123 e. The van der Waals surface area contributed by atoms with Crippen molar-refractivity contribution in [2.24, 2.45) is 0 Å². The van der Waals surface area contributed by atoms with Gasteiger partial charge in [-0.3, -0.25) is 0 Å². The van der Waals surface area contributed by atoms with E-state index in [1.165, 1.54) is 25.3 Å². The number of hydrogen-bond acceptors (Lipinski definition) is 2. The lowest BCUT2D eigenvalue weighted by Crippen LogP contribution is -2.30. The zero-order valence-electron chi connectivity index (χ0n) is 10.3. The summed E-state index contributed by atoms with van der Waals surface area (Å²) in [6.45, 7) is 4.09. The SMILES string of the molecule is CCCCCNCC1Cc2cc(F)ccc2O1. The lowest BCUT2D eigenvalue weighted by molar-refractivity contribution is 0.227. The van der Waals surface area contributed by atoms with Crippen molar-refractivity contribution < 1.29 is 9.13 Å². The van der Waals surface area contributed by atoms with Crippen LogP contribution >= 0.6 is 0 Å². The molecule has 0 amide bonds. The number of rotatable bonds is 6. The zero-order chi connectivity index (χ0) is 12.1. The van der Waals surface area contributed by atoms with E-state index >= 15 is 0 Å². The summed E-state index contributed by atoms with van der Waals surface area (Å²) >= 11 is 0. The maximum atomic E-state index is 13.0. The Bertz CT molecular complexity index is 367. The molecule has 0 aromatic heterocycles. The number of nitrogens with one attached hydrogen (secondary N) is 1. The highest BCUT2D eigenvalue weighted by molar-refractivity contribution is 5.37. The van der Waals surface area contributed by atoms with Crippen molar-refractivity contribution in [1.82, 2.24) is 5.32 Å². The van der Waals surface area contributed by atoms with E-state index in [0.29, 0.717) is 0 Å². The summed E-state index contributed by atoms with van der Waals surface area (Å²) in [4.78, 5) is 0. The fraction of sp³-hybridized carbons (Fsp3) is 0.571. The molecule has 0 radical (unpaired) electrons. The molecule has 1 N–H and O–H groups in total. The van der Waals surface area contributed by atoms with Gasteiger partial charge in [-0.2, -0.15) is 0 Å². The van der Waals surface area contributed by atoms with E-state index in [-0.39, 0.29) is 11.9 Å². The van der Waals surface area contributed by atoms with E-state index in [1.54, 1.807) is 12.1 Å². The minimum Gasteiger partial charge on any atom is -0.488 e. The standard InChI is InChI=1S/C14H20FNO/c1-2-3-4-7-16-10-13-9-11-8-12(15)5-6-14(11)17-13/h5-6,8,13,16H,2-4,7,9-10H2,1H3. The Morgan fingerprint density at radius 1 is 1.41 bits per heavy atom. The summed E-state index contributed by atoms with van der Waals surface area (Å²) in [5, 5.41) is 3.39. The van der Waals surface area contributed by atoms with Crippen LogP contribution in [-0.2, 0) is 6.42 Å². The molecule has 1 atom stereocenters. The Morgan fingerprint density at radius 2 is 2.29 bits per heavy atom. The molecule has 3 heteroatoms. The molecule has 94 valence electrons. The van der Waals surface area contributed by atoms with Gasteiger partial charge in [-0.1, -0.05) is 19.8 Å². The largest absolute Gasteiger partial charge is 0.488 e. The van der Waals surface area contributed by atoms with E-state index in [9.17, 15) is 4.39 Å². The molecule has 0 saturated carbocycles. The third-order valence-electron chi connectivity index (χ3n) is 3.09. The Balaban J connectivity index is 1.73. The minimum atomic E-state index is -0.177. The molecule has 1 aliphatic rings. The van der Waals surface area contributed by atoms with Crippen LogP contribution in [0.4, 0.5) is 4.39 Å². The zero-order valence-corrected chi connectivity index (χ0v) is 10.3. The number of halogens is 1. The van der Waals surface area contributed by atoms with Gasteiger partial charge >= 0.3 is 0 Å². The summed E-state index contributed by atoms with van der Waals surface area (Å²) in [5.74, 6) is 0.663. The van der Waals surface area contributed by atoms with Crippen LogP contribution in [-0.4, -0.2) is 19.2 Å². The number of benzene rings is 1. The number of unbranched alkanes of at least 4 members (excludes halogenated alkanes) is 2. The van der Waals surface area contributed by atoms with Crippen LogP contribution in [0.25, 0.3) is 0 Å². The number of ether oxygens (including phenoxy) is 1. The van der Waals surface area contributed by atoms with Crippen LogP contribution in [0.1, 0.15) is 31.7 Å². The predicted octanol–water partition coefficient (Wildman–Crippen LogP) is 2.91. The fourth-order valence-corrected chi connectivity index (χ4v) is 2.17. The third kappa shape index (κ3) is 3.43. The Morgan fingerprint density at radius 3 is 3.12 bits per heavy atom. The molecule has 17 heavy (non-hydrogen) atoms.